The van der Waals surface area contributed by atoms with Crippen molar-refractivity contribution in [3.8, 4) is 6.07 Å². The number of ketones is 1. The first-order chi connectivity index (χ1) is 11.7. The summed E-state index contributed by atoms with van der Waals surface area (Å²) >= 11 is 0. The lowest BCUT2D eigenvalue weighted by atomic mass is 10.0. The number of nitrogens with one attached hydrogen (secondary N) is 1. The van der Waals surface area contributed by atoms with Crippen molar-refractivity contribution in [1.82, 2.24) is 4.98 Å². The minimum atomic E-state index is -0.259. The standard InChI is InChI=1S/C21H16N2O/c1-15-20(18-12-5-6-13-19(18)23-15)21(24)17(14-22)11-7-10-16-8-3-2-4-9-16/h2-13,23H,1H3/b10-7+,17-11+. The molecule has 0 saturated carbocycles. The third-order valence-corrected chi connectivity index (χ3v) is 3.84. The smallest absolute Gasteiger partial charge is 0.205 e. The van der Waals surface area contributed by atoms with Crippen LogP contribution in [-0.2, 0) is 0 Å². The number of nitrogens with zero attached hydrogens (tertiary/aromatic N) is 1. The molecule has 0 aliphatic heterocycles. The van der Waals surface area contributed by atoms with Gasteiger partial charge in [-0.15, -0.1) is 0 Å². The predicted molar refractivity (Wildman–Crippen MR) is 96.5 cm³/mol. The van der Waals surface area contributed by atoms with Gasteiger partial charge in [0, 0.05) is 16.6 Å². The van der Waals surface area contributed by atoms with Gasteiger partial charge < -0.3 is 4.98 Å². The highest BCUT2D eigenvalue weighted by molar-refractivity contribution is 6.19. The molecule has 0 aliphatic carbocycles. The summed E-state index contributed by atoms with van der Waals surface area (Å²) in [5.74, 6) is -0.259. The zero-order valence-electron chi connectivity index (χ0n) is 13.3. The molecule has 0 unspecified atom stereocenters. The van der Waals surface area contributed by atoms with Crippen LogP contribution in [-0.4, -0.2) is 10.8 Å². The summed E-state index contributed by atoms with van der Waals surface area (Å²) in [4.78, 5) is 16.0. The molecule has 1 N–H and O–H groups in total. The fraction of sp³-hybridized carbons (Fsp3) is 0.0476. The minimum absolute atomic E-state index is 0.120. The molecule has 116 valence electrons. The minimum Gasteiger partial charge on any atom is -0.358 e. The van der Waals surface area contributed by atoms with Crippen LogP contribution in [0.2, 0.25) is 0 Å². The van der Waals surface area contributed by atoms with E-state index in [0.717, 1.165) is 22.2 Å². The number of rotatable bonds is 4. The largest absolute Gasteiger partial charge is 0.358 e. The van der Waals surface area contributed by atoms with Gasteiger partial charge in [-0.1, -0.05) is 60.7 Å². The van der Waals surface area contributed by atoms with E-state index < -0.39 is 0 Å². The third-order valence-electron chi connectivity index (χ3n) is 3.84. The van der Waals surface area contributed by atoms with Gasteiger partial charge in [-0.2, -0.15) is 5.26 Å². The van der Waals surface area contributed by atoms with E-state index >= 15 is 0 Å². The van der Waals surface area contributed by atoms with Gasteiger partial charge in [-0.25, -0.2) is 0 Å². The van der Waals surface area contributed by atoms with Crippen molar-refractivity contribution in [2.45, 2.75) is 6.92 Å². The number of allylic oxidation sites excluding steroid dienone is 3. The Hall–Kier alpha value is -3.38. The van der Waals surface area contributed by atoms with Crippen LogP contribution in [0.5, 0.6) is 0 Å². The van der Waals surface area contributed by atoms with Crippen LogP contribution in [0.25, 0.3) is 17.0 Å². The number of fused-ring (bicyclic) bond motifs is 1. The molecule has 24 heavy (non-hydrogen) atoms. The molecule has 0 amide bonds. The first kappa shape index (κ1) is 15.5. The Bertz CT molecular complexity index is 986. The maximum absolute atomic E-state index is 12.8. The van der Waals surface area contributed by atoms with Crippen molar-refractivity contribution in [3.63, 3.8) is 0 Å². The molecule has 1 heterocycles. The second kappa shape index (κ2) is 6.80. The number of Topliss-reactive ketones (excluding diaryl/α,β-unsaturated/α-hetero) is 1. The van der Waals surface area contributed by atoms with Gasteiger partial charge >= 0.3 is 0 Å². The summed E-state index contributed by atoms with van der Waals surface area (Å²) in [6, 6.07) is 19.4. The van der Waals surface area contributed by atoms with Gasteiger partial charge in [0.15, 0.2) is 0 Å². The zero-order chi connectivity index (χ0) is 16.9. The van der Waals surface area contributed by atoms with Crippen LogP contribution in [0, 0.1) is 18.3 Å². The van der Waals surface area contributed by atoms with E-state index in [9.17, 15) is 10.1 Å². The summed E-state index contributed by atoms with van der Waals surface area (Å²) in [7, 11) is 0. The SMILES string of the molecule is Cc1[nH]c2ccccc2c1C(=O)/C(C#N)=C/C=C/c1ccccc1. The van der Waals surface area contributed by atoms with Crippen LogP contribution in [0.1, 0.15) is 21.6 Å². The molecule has 3 aromatic rings. The van der Waals surface area contributed by atoms with Crippen LogP contribution in [0.4, 0.5) is 0 Å². The third kappa shape index (κ3) is 3.04. The maximum atomic E-state index is 12.8. The number of nitriles is 1. The van der Waals surface area contributed by atoms with E-state index in [1.54, 1.807) is 12.2 Å². The molecular weight excluding hydrogens is 296 g/mol. The summed E-state index contributed by atoms with van der Waals surface area (Å²) < 4.78 is 0. The highest BCUT2D eigenvalue weighted by atomic mass is 16.1. The van der Waals surface area contributed by atoms with Gasteiger partial charge in [-0.3, -0.25) is 4.79 Å². The predicted octanol–water partition coefficient (Wildman–Crippen LogP) is 4.82. The summed E-state index contributed by atoms with van der Waals surface area (Å²) in [5.41, 5.74) is 3.37. The first-order valence-corrected chi connectivity index (χ1v) is 7.66. The Morgan fingerprint density at radius 3 is 2.54 bits per heavy atom. The molecule has 0 radical (unpaired) electrons. The van der Waals surface area contributed by atoms with Gasteiger partial charge in [0.05, 0.1) is 5.56 Å². The molecular formula is C21H16N2O. The fourth-order valence-electron chi connectivity index (χ4n) is 2.69. The van der Waals surface area contributed by atoms with E-state index in [4.69, 9.17) is 0 Å². The Balaban J connectivity index is 1.94. The van der Waals surface area contributed by atoms with E-state index in [0.29, 0.717) is 5.56 Å². The van der Waals surface area contributed by atoms with E-state index in [1.807, 2.05) is 73.7 Å². The van der Waals surface area contributed by atoms with Gasteiger partial charge in [0.1, 0.15) is 11.6 Å². The maximum Gasteiger partial charge on any atom is 0.205 e. The van der Waals surface area contributed by atoms with Crippen LogP contribution in [0.15, 0.2) is 72.3 Å². The van der Waals surface area contributed by atoms with Crippen molar-refractivity contribution in [3.05, 3.63) is 89.1 Å². The van der Waals surface area contributed by atoms with Gasteiger partial charge in [0.2, 0.25) is 5.78 Å². The van der Waals surface area contributed by atoms with Crippen LogP contribution in [0.3, 0.4) is 0 Å². The Kier molecular flexibility index (Phi) is 4.40. The normalized spacial score (nSPS) is 11.8. The topological polar surface area (TPSA) is 56.6 Å². The summed E-state index contributed by atoms with van der Waals surface area (Å²) in [5, 5.41) is 10.2. The fourth-order valence-corrected chi connectivity index (χ4v) is 2.69. The number of H-pyrrole nitrogens is 1. The second-order valence-corrected chi connectivity index (χ2v) is 5.46. The number of carbonyl (C=O) groups excluding carboxylic acids is 1. The lowest BCUT2D eigenvalue weighted by Crippen LogP contribution is -2.03. The number of hydrogen-bond acceptors (Lipinski definition) is 2. The lowest BCUT2D eigenvalue weighted by molar-refractivity contribution is 0.104. The lowest BCUT2D eigenvalue weighted by Gasteiger charge is -1.99. The van der Waals surface area contributed by atoms with E-state index in [-0.39, 0.29) is 11.4 Å². The molecule has 3 heteroatoms. The van der Waals surface area contributed by atoms with Crippen molar-refractivity contribution in [1.29, 1.82) is 5.26 Å². The van der Waals surface area contributed by atoms with E-state index in [1.165, 1.54) is 0 Å². The Labute approximate surface area is 140 Å². The number of aryl methyl sites for hydroxylation is 1. The van der Waals surface area contributed by atoms with Crippen molar-refractivity contribution in [2.75, 3.05) is 0 Å². The summed E-state index contributed by atoms with van der Waals surface area (Å²) in [6.45, 7) is 1.85. The quantitative estimate of drug-likeness (QED) is 0.325. The Morgan fingerprint density at radius 1 is 1.08 bits per heavy atom. The molecule has 1 aromatic heterocycles. The molecule has 0 spiro atoms. The molecule has 0 atom stereocenters. The average molecular weight is 312 g/mol. The number of hydrogen-bond donors (Lipinski definition) is 1. The van der Waals surface area contributed by atoms with Crippen molar-refractivity contribution in [2.24, 2.45) is 0 Å². The number of carbonyl (C=O) groups is 1. The number of aromatic amines is 1. The van der Waals surface area contributed by atoms with E-state index in [2.05, 4.69) is 4.98 Å². The summed E-state index contributed by atoms with van der Waals surface area (Å²) in [6.07, 6.45) is 5.17. The molecule has 0 fully saturated rings. The molecule has 3 nitrogen and oxygen atoms in total. The highest BCUT2D eigenvalue weighted by Gasteiger charge is 2.18. The first-order valence-electron chi connectivity index (χ1n) is 7.66. The average Bonchev–Trinajstić information content (AvgIpc) is 2.95. The molecule has 0 bridgehead atoms. The highest BCUT2D eigenvalue weighted by Crippen LogP contribution is 2.24. The van der Waals surface area contributed by atoms with Crippen molar-refractivity contribution < 1.29 is 4.79 Å². The van der Waals surface area contributed by atoms with Gasteiger partial charge in [0.25, 0.3) is 0 Å². The Morgan fingerprint density at radius 2 is 1.79 bits per heavy atom. The van der Waals surface area contributed by atoms with Gasteiger partial charge in [-0.05, 0) is 24.6 Å². The second-order valence-electron chi connectivity index (χ2n) is 5.46. The molecule has 0 saturated heterocycles. The van der Waals surface area contributed by atoms with Crippen molar-refractivity contribution >= 4 is 22.8 Å². The monoisotopic (exact) mass is 312 g/mol. The van der Waals surface area contributed by atoms with Crippen LogP contribution < -0.4 is 0 Å². The molecule has 2 aromatic carbocycles. The number of aromatic nitrogens is 1. The number of benzene rings is 2. The zero-order valence-corrected chi connectivity index (χ0v) is 13.3. The molecule has 0 aliphatic rings. The molecule has 3 rings (SSSR count). The number of para-hydroxylation sites is 1. The van der Waals surface area contributed by atoms with Crippen LogP contribution >= 0.6 is 0 Å².